The Bertz CT molecular complexity index is 1330. The van der Waals surface area contributed by atoms with Gasteiger partial charge in [0.2, 0.25) is 0 Å². The predicted octanol–water partition coefficient (Wildman–Crippen LogP) is 6.50. The maximum atomic E-state index is 12.8. The predicted molar refractivity (Wildman–Crippen MR) is 145 cm³/mol. The zero-order chi connectivity index (χ0) is 27.0. The van der Waals surface area contributed by atoms with E-state index in [-0.39, 0.29) is 23.0 Å². The smallest absolute Gasteiger partial charge is 0.256 e. The van der Waals surface area contributed by atoms with Crippen molar-refractivity contribution >= 4 is 25.6 Å². The van der Waals surface area contributed by atoms with E-state index in [4.69, 9.17) is 9.16 Å². The van der Waals surface area contributed by atoms with E-state index in [0.29, 0.717) is 23.3 Å². The largest absolute Gasteiger partial charge is 0.410 e. The molecule has 0 radical (unpaired) electrons. The van der Waals surface area contributed by atoms with Gasteiger partial charge in [0.25, 0.3) is 5.91 Å². The molecule has 0 bridgehead atoms. The molecule has 2 aromatic heterocycles. The molecule has 1 aliphatic heterocycles. The van der Waals surface area contributed by atoms with E-state index < -0.39 is 20.1 Å². The van der Waals surface area contributed by atoms with Gasteiger partial charge in [0.15, 0.2) is 19.9 Å². The average Bonchev–Trinajstić information content (AvgIpc) is 3.40. The number of rotatable bonds is 7. The summed E-state index contributed by atoms with van der Waals surface area (Å²) in [6.07, 6.45) is 1.01. The van der Waals surface area contributed by atoms with Gasteiger partial charge < -0.3 is 14.5 Å². The number of nitrogens with one attached hydrogen (secondary N) is 1. The first kappa shape index (κ1) is 26.8. The van der Waals surface area contributed by atoms with Crippen molar-refractivity contribution in [3.63, 3.8) is 0 Å². The molecule has 0 aliphatic carbocycles. The Morgan fingerprint density at radius 3 is 2.59 bits per heavy atom. The van der Waals surface area contributed by atoms with Crippen molar-refractivity contribution in [1.82, 2.24) is 14.6 Å². The van der Waals surface area contributed by atoms with Crippen LogP contribution >= 0.6 is 0 Å². The summed E-state index contributed by atoms with van der Waals surface area (Å²) in [5.74, 6) is -0.0702. The van der Waals surface area contributed by atoms with Crippen LogP contribution in [0.15, 0.2) is 53.9 Å². The molecule has 10 nitrogen and oxygen atoms in total. The van der Waals surface area contributed by atoms with E-state index in [9.17, 15) is 10.3 Å². The fraction of sp³-hybridized carbons (Fsp3) is 0.500. The van der Waals surface area contributed by atoms with E-state index in [1.807, 2.05) is 44.2 Å². The molecule has 1 saturated heterocycles. The maximum absolute atomic E-state index is 12.8. The molecule has 11 heteroatoms. The van der Waals surface area contributed by atoms with Crippen molar-refractivity contribution in [3.05, 3.63) is 70.5 Å². The van der Waals surface area contributed by atoms with Crippen LogP contribution in [0.4, 0.5) is 5.82 Å². The number of hydrogen-bond donors (Lipinski definition) is 1. The summed E-state index contributed by atoms with van der Waals surface area (Å²) in [6.45, 7) is 14.9. The lowest BCUT2D eigenvalue weighted by molar-refractivity contribution is -0.0613. The minimum Gasteiger partial charge on any atom is -0.410 e. The summed E-state index contributed by atoms with van der Waals surface area (Å²) in [4.78, 5) is 20.2. The van der Waals surface area contributed by atoms with Gasteiger partial charge in [0.05, 0.1) is 11.8 Å². The Morgan fingerprint density at radius 2 is 1.97 bits per heavy atom. The van der Waals surface area contributed by atoms with Crippen molar-refractivity contribution in [2.45, 2.75) is 77.1 Å². The minimum absolute atomic E-state index is 0.0223. The molecule has 37 heavy (non-hydrogen) atoms. The number of ether oxygens (including phenoxy) is 1. The molecular formula is C26H35N7O3Si. The molecule has 4 rings (SSSR count). The highest BCUT2D eigenvalue weighted by Gasteiger charge is 2.55. The standard InChI is InChI=1S/C26H35N7O3Si/c1-8-26(31-32-27)17(2)21(36-37(6,7)25(3,4)5)22(35-26)19-14-15-20-23(28-16-29-33(19)20)30-24(34)18-12-10-9-11-13-18/h9-17,21-22H,8H2,1-7H3,(H,28,29,30,34)/t17-,21+,22-,26+/m0/s1. The van der Waals surface area contributed by atoms with Crippen LogP contribution in [0.3, 0.4) is 0 Å². The Kier molecular flexibility index (Phi) is 7.18. The lowest BCUT2D eigenvalue weighted by Gasteiger charge is -2.40. The van der Waals surface area contributed by atoms with Crippen LogP contribution in [0.1, 0.15) is 63.2 Å². The summed E-state index contributed by atoms with van der Waals surface area (Å²) in [5, 5.41) is 11.5. The quantitative estimate of drug-likeness (QED) is 0.164. The lowest BCUT2D eigenvalue weighted by Crippen LogP contribution is -2.47. The van der Waals surface area contributed by atoms with Crippen molar-refractivity contribution in [1.29, 1.82) is 0 Å². The lowest BCUT2D eigenvalue weighted by atomic mass is 9.91. The normalized spacial score (nSPS) is 24.1. The number of anilines is 1. The zero-order valence-electron chi connectivity index (χ0n) is 22.5. The molecule has 0 unspecified atom stereocenters. The number of amides is 1. The molecule has 3 aromatic rings. The molecule has 0 spiro atoms. The summed E-state index contributed by atoms with van der Waals surface area (Å²) in [6, 6.07) is 12.7. The summed E-state index contributed by atoms with van der Waals surface area (Å²) >= 11 is 0. The Hall–Kier alpha value is -3.24. The van der Waals surface area contributed by atoms with Gasteiger partial charge in [-0.3, -0.25) is 4.79 Å². The summed E-state index contributed by atoms with van der Waals surface area (Å²) in [5.41, 5.74) is 10.2. The molecule has 4 atom stereocenters. The van der Waals surface area contributed by atoms with Crippen LogP contribution in [0.5, 0.6) is 0 Å². The number of carbonyl (C=O) groups excluding carboxylic acids is 1. The number of fused-ring (bicyclic) bond motifs is 1. The van der Waals surface area contributed by atoms with Crippen LogP contribution in [-0.2, 0) is 9.16 Å². The van der Waals surface area contributed by atoms with Gasteiger partial charge in [0, 0.05) is 16.4 Å². The molecule has 0 saturated carbocycles. The highest BCUT2D eigenvalue weighted by molar-refractivity contribution is 6.74. The number of hydrogen-bond acceptors (Lipinski definition) is 6. The van der Waals surface area contributed by atoms with Crippen LogP contribution < -0.4 is 5.32 Å². The van der Waals surface area contributed by atoms with Crippen LogP contribution in [0.2, 0.25) is 18.1 Å². The number of nitrogens with zero attached hydrogens (tertiary/aromatic N) is 6. The second kappa shape index (κ2) is 9.90. The number of carbonyl (C=O) groups is 1. The topological polar surface area (TPSA) is 127 Å². The third kappa shape index (κ3) is 4.87. The fourth-order valence-corrected chi connectivity index (χ4v) is 5.89. The summed E-state index contributed by atoms with van der Waals surface area (Å²) in [7, 11) is -2.22. The van der Waals surface area contributed by atoms with Gasteiger partial charge >= 0.3 is 0 Å². The average molecular weight is 522 g/mol. The highest BCUT2D eigenvalue weighted by atomic mass is 28.4. The third-order valence-electron chi connectivity index (χ3n) is 7.83. The Labute approximate surface area is 218 Å². The Morgan fingerprint density at radius 1 is 1.27 bits per heavy atom. The number of benzene rings is 1. The van der Waals surface area contributed by atoms with Crippen molar-refractivity contribution in [2.75, 3.05) is 5.32 Å². The molecule has 1 amide bonds. The maximum Gasteiger partial charge on any atom is 0.256 e. The van der Waals surface area contributed by atoms with Crippen molar-refractivity contribution in [2.24, 2.45) is 11.0 Å². The van der Waals surface area contributed by atoms with E-state index >= 15 is 0 Å². The van der Waals surface area contributed by atoms with Crippen molar-refractivity contribution in [3.8, 4) is 0 Å². The molecular weight excluding hydrogens is 486 g/mol. The SMILES string of the molecule is CC[C@@]1(N=[N+]=[N-])O[C@@H](c2ccc3c(NC(=O)c4ccccc4)ncnn23)[C@H](O[Si](C)(C)C(C)(C)C)[C@@H]1C. The van der Waals surface area contributed by atoms with Gasteiger partial charge in [-0.25, -0.2) is 9.50 Å². The molecule has 1 fully saturated rings. The second-order valence-electron chi connectivity index (χ2n) is 11.0. The van der Waals surface area contributed by atoms with Gasteiger partial charge in [-0.15, -0.1) is 0 Å². The minimum atomic E-state index is -2.22. The van der Waals surface area contributed by atoms with Crippen molar-refractivity contribution < 1.29 is 14.0 Å². The Balaban J connectivity index is 1.76. The first-order valence-electron chi connectivity index (χ1n) is 12.5. The third-order valence-corrected chi connectivity index (χ3v) is 12.3. The summed E-state index contributed by atoms with van der Waals surface area (Å²) < 4.78 is 15.2. The van der Waals surface area contributed by atoms with Gasteiger partial charge in [-0.1, -0.05) is 57.9 Å². The zero-order valence-corrected chi connectivity index (χ0v) is 23.5. The van der Waals surface area contributed by atoms with Crippen LogP contribution in [0.25, 0.3) is 16.0 Å². The molecule has 1 N–H and O–H groups in total. The molecule has 1 aliphatic rings. The van der Waals surface area contributed by atoms with Gasteiger partial charge in [-0.05, 0) is 54.3 Å². The van der Waals surface area contributed by atoms with E-state index in [0.717, 1.165) is 5.69 Å². The molecule has 3 heterocycles. The first-order chi connectivity index (χ1) is 17.4. The van der Waals surface area contributed by atoms with Gasteiger partial charge in [0.1, 0.15) is 17.9 Å². The first-order valence-corrected chi connectivity index (χ1v) is 15.5. The monoisotopic (exact) mass is 521 g/mol. The highest BCUT2D eigenvalue weighted by Crippen LogP contribution is 2.51. The van der Waals surface area contributed by atoms with E-state index in [1.54, 1.807) is 16.6 Å². The number of azide groups is 1. The van der Waals surface area contributed by atoms with Crippen LogP contribution in [0, 0.1) is 5.92 Å². The number of aromatic nitrogens is 3. The van der Waals surface area contributed by atoms with Crippen LogP contribution in [-0.4, -0.2) is 40.7 Å². The molecule has 196 valence electrons. The second-order valence-corrected chi connectivity index (χ2v) is 15.8. The van der Waals surface area contributed by atoms with Gasteiger partial charge in [-0.2, -0.15) is 5.10 Å². The van der Waals surface area contributed by atoms with E-state index in [2.05, 4.69) is 59.3 Å². The fourth-order valence-electron chi connectivity index (χ4n) is 4.52. The molecule has 1 aromatic carbocycles. The van der Waals surface area contributed by atoms with E-state index in [1.165, 1.54) is 6.33 Å².